The highest BCUT2D eigenvalue weighted by molar-refractivity contribution is 5.44. The minimum Gasteiger partial charge on any atom is -0.368 e. The van der Waals surface area contributed by atoms with Crippen molar-refractivity contribution < 1.29 is 0 Å². The maximum Gasteiger partial charge on any atom is 0.222 e. The van der Waals surface area contributed by atoms with Crippen LogP contribution in [-0.4, -0.2) is 35.6 Å². The summed E-state index contributed by atoms with van der Waals surface area (Å²) in [6.45, 7) is 6.71. The molecule has 0 unspecified atom stereocenters. The van der Waals surface area contributed by atoms with Gasteiger partial charge >= 0.3 is 0 Å². The molecule has 0 radical (unpaired) electrons. The van der Waals surface area contributed by atoms with Crippen LogP contribution in [0.1, 0.15) is 25.5 Å². The number of hydrogen-bond donors (Lipinski definition) is 2. The molecule has 1 aromatic heterocycles. The summed E-state index contributed by atoms with van der Waals surface area (Å²) < 4.78 is 0. The van der Waals surface area contributed by atoms with Gasteiger partial charge in [0.05, 0.1) is 0 Å². The van der Waals surface area contributed by atoms with Crippen molar-refractivity contribution in [1.82, 2.24) is 15.3 Å². The van der Waals surface area contributed by atoms with Crippen LogP contribution in [0, 0.1) is 19.3 Å². The number of rotatable bonds is 5. The molecule has 2 rings (SSSR count). The maximum atomic E-state index is 5.77. The van der Waals surface area contributed by atoms with Crippen LogP contribution in [0.4, 0.5) is 11.8 Å². The Labute approximate surface area is 138 Å². The average Bonchev–Trinajstić information content (AvgIpc) is 2.54. The Balaban J connectivity index is 1.95. The van der Waals surface area contributed by atoms with Crippen LogP contribution in [-0.2, 0) is 0 Å². The lowest BCUT2D eigenvalue weighted by molar-refractivity contribution is 0.434. The molecular formula is C18H25N5. The van der Waals surface area contributed by atoms with E-state index >= 15 is 0 Å². The molecule has 2 heterocycles. The zero-order chi connectivity index (χ0) is 16.7. The van der Waals surface area contributed by atoms with Crippen molar-refractivity contribution in [1.29, 1.82) is 0 Å². The topological polar surface area (TPSA) is 67.1 Å². The SMILES string of the molecule is C#C/C=C\C(=C/C)CN[C@@H]1CCCN(c2cc(C)nc(N)n2)C1. The predicted molar refractivity (Wildman–Crippen MR) is 96.1 cm³/mol. The third-order valence-electron chi connectivity index (χ3n) is 3.96. The van der Waals surface area contributed by atoms with Crippen LogP contribution in [0.3, 0.4) is 0 Å². The van der Waals surface area contributed by atoms with Gasteiger partial charge < -0.3 is 16.0 Å². The third kappa shape index (κ3) is 5.11. The first-order chi connectivity index (χ1) is 11.1. The van der Waals surface area contributed by atoms with Crippen LogP contribution in [0.15, 0.2) is 29.9 Å². The van der Waals surface area contributed by atoms with E-state index in [1.54, 1.807) is 6.08 Å². The number of nitrogen functional groups attached to an aromatic ring is 1. The summed E-state index contributed by atoms with van der Waals surface area (Å²) in [5, 5.41) is 3.61. The van der Waals surface area contributed by atoms with E-state index in [0.29, 0.717) is 12.0 Å². The van der Waals surface area contributed by atoms with Crippen molar-refractivity contribution in [3.8, 4) is 12.3 Å². The number of piperidine rings is 1. The van der Waals surface area contributed by atoms with E-state index in [0.717, 1.165) is 44.0 Å². The van der Waals surface area contributed by atoms with E-state index in [-0.39, 0.29) is 0 Å². The van der Waals surface area contributed by atoms with Crippen LogP contribution in [0.2, 0.25) is 0 Å². The van der Waals surface area contributed by atoms with E-state index in [2.05, 4.69) is 32.2 Å². The molecule has 5 heteroatoms. The molecule has 0 amide bonds. The Bertz CT molecular complexity index is 607. The van der Waals surface area contributed by atoms with Gasteiger partial charge in [0.1, 0.15) is 5.82 Å². The van der Waals surface area contributed by atoms with Gasteiger partial charge in [0, 0.05) is 37.4 Å². The minimum atomic E-state index is 0.339. The fraction of sp³-hybridized carbons (Fsp3) is 0.444. The lowest BCUT2D eigenvalue weighted by Gasteiger charge is -2.34. The molecule has 0 saturated carbocycles. The van der Waals surface area contributed by atoms with Crippen LogP contribution in [0.25, 0.3) is 0 Å². The molecule has 23 heavy (non-hydrogen) atoms. The zero-order valence-corrected chi connectivity index (χ0v) is 13.9. The normalized spacial score (nSPS) is 19.1. The van der Waals surface area contributed by atoms with Crippen molar-refractivity contribution in [2.75, 3.05) is 30.3 Å². The second kappa shape index (κ2) is 8.35. The molecule has 5 nitrogen and oxygen atoms in total. The Kier molecular flexibility index (Phi) is 6.19. The van der Waals surface area contributed by atoms with Gasteiger partial charge in [0.15, 0.2) is 0 Å². The predicted octanol–water partition coefficient (Wildman–Crippen LogP) is 2.06. The van der Waals surface area contributed by atoms with Crippen molar-refractivity contribution >= 4 is 11.8 Å². The highest BCUT2D eigenvalue weighted by atomic mass is 15.2. The summed E-state index contributed by atoms with van der Waals surface area (Å²) in [5.41, 5.74) is 7.87. The number of aromatic nitrogens is 2. The van der Waals surface area contributed by atoms with E-state index in [1.807, 2.05) is 26.0 Å². The lowest BCUT2D eigenvalue weighted by Crippen LogP contribution is -2.46. The highest BCUT2D eigenvalue weighted by Crippen LogP contribution is 2.19. The van der Waals surface area contributed by atoms with E-state index < -0.39 is 0 Å². The Morgan fingerprint density at radius 2 is 2.39 bits per heavy atom. The fourth-order valence-corrected chi connectivity index (χ4v) is 2.76. The molecule has 122 valence electrons. The summed E-state index contributed by atoms with van der Waals surface area (Å²) in [4.78, 5) is 10.8. The molecule has 0 bridgehead atoms. The number of nitrogens with zero attached hydrogens (tertiary/aromatic N) is 3. The van der Waals surface area contributed by atoms with Gasteiger partial charge in [-0.05, 0) is 44.4 Å². The average molecular weight is 311 g/mol. The van der Waals surface area contributed by atoms with Gasteiger partial charge in [-0.3, -0.25) is 0 Å². The first kappa shape index (κ1) is 17.0. The van der Waals surface area contributed by atoms with Gasteiger partial charge in [0.25, 0.3) is 0 Å². The molecule has 1 aliphatic rings. The molecular weight excluding hydrogens is 286 g/mol. The standard InChI is InChI=1S/C18H25N5/c1-4-6-8-15(5-2)12-20-16-9-7-10-23(13-16)17-11-14(3)21-18(19)22-17/h1,5-6,8,11,16,20H,7,9-10,12-13H2,2-3H3,(H2,19,21,22)/b8-6-,15-5+/t16-/m1/s1. The molecule has 0 spiro atoms. The van der Waals surface area contributed by atoms with Crippen LogP contribution >= 0.6 is 0 Å². The van der Waals surface area contributed by atoms with Crippen molar-refractivity contribution in [2.24, 2.45) is 0 Å². The number of terminal acetylenes is 1. The fourth-order valence-electron chi connectivity index (χ4n) is 2.76. The maximum absolute atomic E-state index is 5.77. The summed E-state index contributed by atoms with van der Waals surface area (Å²) in [6, 6.07) is 2.42. The molecule has 1 fully saturated rings. The van der Waals surface area contributed by atoms with Gasteiger partial charge in [-0.2, -0.15) is 4.98 Å². The van der Waals surface area contributed by atoms with Crippen molar-refractivity contribution in [3.63, 3.8) is 0 Å². The highest BCUT2D eigenvalue weighted by Gasteiger charge is 2.21. The Hall–Kier alpha value is -2.32. The molecule has 1 saturated heterocycles. The van der Waals surface area contributed by atoms with Crippen LogP contribution in [0.5, 0.6) is 0 Å². The van der Waals surface area contributed by atoms with Crippen molar-refractivity contribution in [3.05, 3.63) is 35.6 Å². The first-order valence-electron chi connectivity index (χ1n) is 7.99. The third-order valence-corrected chi connectivity index (χ3v) is 3.96. The van der Waals surface area contributed by atoms with Crippen molar-refractivity contribution in [2.45, 2.75) is 32.7 Å². The van der Waals surface area contributed by atoms with Gasteiger partial charge in [0.2, 0.25) is 5.95 Å². The largest absolute Gasteiger partial charge is 0.368 e. The Morgan fingerprint density at radius 1 is 1.57 bits per heavy atom. The Morgan fingerprint density at radius 3 is 3.09 bits per heavy atom. The molecule has 1 atom stereocenters. The van der Waals surface area contributed by atoms with Gasteiger partial charge in [-0.15, -0.1) is 6.42 Å². The van der Waals surface area contributed by atoms with Gasteiger partial charge in [-0.1, -0.05) is 12.0 Å². The summed E-state index contributed by atoms with van der Waals surface area (Å²) >= 11 is 0. The second-order valence-corrected chi connectivity index (χ2v) is 5.76. The molecule has 1 aliphatic heterocycles. The van der Waals surface area contributed by atoms with Gasteiger partial charge in [-0.25, -0.2) is 4.98 Å². The number of anilines is 2. The van der Waals surface area contributed by atoms with E-state index in [9.17, 15) is 0 Å². The van der Waals surface area contributed by atoms with Crippen LogP contribution < -0.4 is 16.0 Å². The summed E-state index contributed by atoms with van der Waals surface area (Å²) in [5.74, 6) is 3.78. The minimum absolute atomic E-state index is 0.339. The number of nitrogens with one attached hydrogen (secondary N) is 1. The quantitative estimate of drug-likeness (QED) is 0.643. The molecule has 0 aliphatic carbocycles. The van der Waals surface area contributed by atoms with E-state index in [1.165, 1.54) is 5.57 Å². The lowest BCUT2D eigenvalue weighted by atomic mass is 10.0. The number of nitrogens with two attached hydrogens (primary N) is 1. The first-order valence-corrected chi connectivity index (χ1v) is 7.99. The monoisotopic (exact) mass is 311 g/mol. The number of aryl methyl sites for hydroxylation is 1. The molecule has 0 aromatic carbocycles. The smallest absolute Gasteiger partial charge is 0.222 e. The summed E-state index contributed by atoms with van der Waals surface area (Å²) in [7, 11) is 0. The number of hydrogen-bond acceptors (Lipinski definition) is 5. The molecule has 3 N–H and O–H groups in total. The van der Waals surface area contributed by atoms with E-state index in [4.69, 9.17) is 12.2 Å². The second-order valence-electron chi connectivity index (χ2n) is 5.76. The number of allylic oxidation sites excluding steroid dienone is 2. The molecule has 1 aromatic rings. The zero-order valence-electron chi connectivity index (χ0n) is 13.9. The summed E-state index contributed by atoms with van der Waals surface area (Å²) in [6.07, 6.45) is 13.3.